The molecule has 0 saturated heterocycles. The van der Waals surface area contributed by atoms with Crippen LogP contribution in [0.25, 0.3) is 11.3 Å². The number of aromatic nitrogens is 1. The molecule has 2 rings (SSSR count). The smallest absolute Gasteiger partial charge is 0.277 e. The zero-order valence-electron chi connectivity index (χ0n) is 7.63. The van der Waals surface area contributed by atoms with E-state index in [1.54, 1.807) is 9.79 Å². The van der Waals surface area contributed by atoms with Crippen LogP contribution in [0.1, 0.15) is 0 Å². The summed E-state index contributed by atoms with van der Waals surface area (Å²) in [4.78, 5) is 10.4. The van der Waals surface area contributed by atoms with E-state index in [9.17, 15) is 10.1 Å². The van der Waals surface area contributed by atoms with Crippen molar-refractivity contribution in [2.45, 2.75) is 0 Å². The van der Waals surface area contributed by atoms with Crippen LogP contribution in [0.4, 0.5) is 5.69 Å². The van der Waals surface area contributed by atoms with E-state index in [0.717, 1.165) is 5.56 Å². The molecule has 0 fully saturated rings. The number of halogens is 1. The summed E-state index contributed by atoms with van der Waals surface area (Å²) in [6.45, 7) is 0. The van der Waals surface area contributed by atoms with Crippen molar-refractivity contribution >= 4 is 21.8 Å². The van der Waals surface area contributed by atoms with Gasteiger partial charge in [0.2, 0.25) is 0 Å². The fourth-order valence-electron chi connectivity index (χ4n) is 1.41. The molecule has 76 valence electrons. The fourth-order valence-corrected chi connectivity index (χ4v) is 1.92. The number of hydrogen-bond acceptors (Lipinski definition) is 2. The molecule has 0 aliphatic heterocycles. The van der Waals surface area contributed by atoms with E-state index in [-0.39, 0.29) is 10.6 Å². The normalized spacial score (nSPS) is 10.2. The average Bonchev–Trinajstić information content (AvgIpc) is 2.61. The minimum absolute atomic E-state index is 0.0954. The summed E-state index contributed by atoms with van der Waals surface area (Å²) in [5.74, 6) is 0. The summed E-state index contributed by atoms with van der Waals surface area (Å²) in [6, 6.07) is 10.7. The SMILES string of the molecule is O=[N+]([O-])c1ccn(Br)c1-c1ccccc1. The summed E-state index contributed by atoms with van der Waals surface area (Å²) in [5.41, 5.74) is 1.46. The van der Waals surface area contributed by atoms with Crippen LogP contribution in [0.5, 0.6) is 0 Å². The molecule has 0 bridgehead atoms. The monoisotopic (exact) mass is 266 g/mol. The van der Waals surface area contributed by atoms with Crippen molar-refractivity contribution in [2.75, 3.05) is 0 Å². The molecule has 1 aromatic heterocycles. The minimum Gasteiger partial charge on any atom is -0.277 e. The van der Waals surface area contributed by atoms with Crippen LogP contribution in [0.15, 0.2) is 42.6 Å². The van der Waals surface area contributed by atoms with Crippen LogP contribution in [0.3, 0.4) is 0 Å². The van der Waals surface area contributed by atoms with Gasteiger partial charge in [-0.15, -0.1) is 0 Å². The van der Waals surface area contributed by atoms with E-state index in [1.165, 1.54) is 6.07 Å². The lowest BCUT2D eigenvalue weighted by atomic mass is 10.1. The molecule has 15 heavy (non-hydrogen) atoms. The van der Waals surface area contributed by atoms with Gasteiger partial charge in [0, 0.05) is 17.8 Å². The molecule has 2 aromatic rings. The zero-order chi connectivity index (χ0) is 10.8. The highest BCUT2D eigenvalue weighted by Gasteiger charge is 2.19. The Balaban J connectivity index is 2.62. The molecular formula is C10H7BrN2O2. The topological polar surface area (TPSA) is 48.1 Å². The van der Waals surface area contributed by atoms with Crippen molar-refractivity contribution in [3.05, 3.63) is 52.7 Å². The maximum absolute atomic E-state index is 10.8. The Morgan fingerprint density at radius 1 is 1.20 bits per heavy atom. The Labute approximate surface area is 94.6 Å². The quantitative estimate of drug-likeness (QED) is 0.619. The molecule has 0 aliphatic carbocycles. The molecule has 1 aromatic carbocycles. The van der Waals surface area contributed by atoms with Gasteiger partial charge in [-0.3, -0.25) is 13.7 Å². The lowest BCUT2D eigenvalue weighted by Gasteiger charge is -2.00. The highest BCUT2D eigenvalue weighted by Crippen LogP contribution is 2.31. The number of benzene rings is 1. The molecular weight excluding hydrogens is 260 g/mol. The number of nitro groups is 1. The first-order chi connectivity index (χ1) is 7.20. The van der Waals surface area contributed by atoms with Crippen LogP contribution in [0, 0.1) is 10.1 Å². The van der Waals surface area contributed by atoms with E-state index in [2.05, 4.69) is 16.1 Å². The van der Waals surface area contributed by atoms with Gasteiger partial charge in [-0.25, -0.2) is 0 Å². The Morgan fingerprint density at radius 2 is 1.87 bits per heavy atom. The van der Waals surface area contributed by atoms with Gasteiger partial charge in [0.25, 0.3) is 5.69 Å². The van der Waals surface area contributed by atoms with Crippen LogP contribution >= 0.6 is 16.1 Å². The second-order valence-electron chi connectivity index (χ2n) is 2.98. The summed E-state index contributed by atoms with van der Waals surface area (Å²) < 4.78 is 1.57. The summed E-state index contributed by atoms with van der Waals surface area (Å²) in [7, 11) is 0. The Morgan fingerprint density at radius 3 is 2.47 bits per heavy atom. The highest BCUT2D eigenvalue weighted by molar-refractivity contribution is 9.08. The molecule has 0 spiro atoms. The first kappa shape index (κ1) is 9.92. The largest absolute Gasteiger partial charge is 0.295 e. The van der Waals surface area contributed by atoms with Gasteiger partial charge in [0.15, 0.2) is 0 Å². The summed E-state index contributed by atoms with van der Waals surface area (Å²) in [6.07, 6.45) is 1.61. The molecule has 0 saturated carbocycles. The third-order valence-electron chi connectivity index (χ3n) is 2.06. The second-order valence-corrected chi connectivity index (χ2v) is 3.75. The Kier molecular flexibility index (Phi) is 2.55. The molecule has 0 unspecified atom stereocenters. The summed E-state index contributed by atoms with van der Waals surface area (Å²) >= 11 is 3.23. The predicted octanol–water partition coefficient (Wildman–Crippen LogP) is 3.22. The van der Waals surface area contributed by atoms with Gasteiger partial charge in [0.05, 0.1) is 21.1 Å². The van der Waals surface area contributed by atoms with E-state index < -0.39 is 0 Å². The van der Waals surface area contributed by atoms with Crippen LogP contribution < -0.4 is 0 Å². The van der Waals surface area contributed by atoms with Crippen LogP contribution in [-0.4, -0.2) is 8.52 Å². The average molecular weight is 267 g/mol. The lowest BCUT2D eigenvalue weighted by molar-refractivity contribution is -0.384. The van der Waals surface area contributed by atoms with Crippen molar-refractivity contribution in [3.63, 3.8) is 0 Å². The van der Waals surface area contributed by atoms with E-state index in [1.807, 2.05) is 30.3 Å². The molecule has 0 aliphatic rings. The molecule has 4 nitrogen and oxygen atoms in total. The van der Waals surface area contributed by atoms with E-state index in [4.69, 9.17) is 0 Å². The number of nitrogens with zero attached hydrogens (tertiary/aromatic N) is 2. The van der Waals surface area contributed by atoms with Crippen molar-refractivity contribution < 1.29 is 4.92 Å². The highest BCUT2D eigenvalue weighted by atomic mass is 79.9. The predicted molar refractivity (Wildman–Crippen MR) is 60.8 cm³/mol. The Bertz CT molecular complexity index is 493. The minimum atomic E-state index is -0.389. The van der Waals surface area contributed by atoms with Crippen molar-refractivity contribution in [3.8, 4) is 11.3 Å². The maximum Gasteiger partial charge on any atom is 0.295 e. The van der Waals surface area contributed by atoms with E-state index >= 15 is 0 Å². The molecule has 0 atom stereocenters. The van der Waals surface area contributed by atoms with Crippen LogP contribution in [-0.2, 0) is 0 Å². The van der Waals surface area contributed by atoms with Gasteiger partial charge < -0.3 is 0 Å². The van der Waals surface area contributed by atoms with Gasteiger partial charge >= 0.3 is 0 Å². The van der Waals surface area contributed by atoms with Gasteiger partial charge in [-0.05, 0) is 0 Å². The lowest BCUT2D eigenvalue weighted by Crippen LogP contribution is -1.91. The molecule has 0 amide bonds. The summed E-state index contributed by atoms with van der Waals surface area (Å²) in [5, 5.41) is 10.8. The second kappa shape index (κ2) is 3.86. The third-order valence-corrected chi connectivity index (χ3v) is 2.65. The molecule has 0 N–H and O–H groups in total. The molecule has 0 radical (unpaired) electrons. The van der Waals surface area contributed by atoms with Gasteiger partial charge in [0.1, 0.15) is 5.69 Å². The van der Waals surface area contributed by atoms with Crippen molar-refractivity contribution in [1.29, 1.82) is 0 Å². The number of rotatable bonds is 2. The third kappa shape index (κ3) is 1.78. The van der Waals surface area contributed by atoms with Crippen LogP contribution in [0.2, 0.25) is 0 Å². The van der Waals surface area contributed by atoms with Gasteiger partial charge in [-0.1, -0.05) is 30.3 Å². The molecule has 5 heteroatoms. The number of hydrogen-bond donors (Lipinski definition) is 0. The first-order valence-corrected chi connectivity index (χ1v) is 4.98. The standard InChI is InChI=1S/C10H7BrN2O2/c11-12-7-6-9(13(14)15)10(12)8-4-2-1-3-5-8/h1-7H. The fraction of sp³-hybridized carbons (Fsp3) is 0. The van der Waals surface area contributed by atoms with Crippen molar-refractivity contribution in [1.82, 2.24) is 3.59 Å². The van der Waals surface area contributed by atoms with Gasteiger partial charge in [-0.2, -0.15) is 0 Å². The zero-order valence-corrected chi connectivity index (χ0v) is 9.22. The molecule has 1 heterocycles. The maximum atomic E-state index is 10.8. The first-order valence-electron chi connectivity index (χ1n) is 4.27. The Hall–Kier alpha value is -1.62. The van der Waals surface area contributed by atoms with Crippen molar-refractivity contribution in [2.24, 2.45) is 0 Å². The van der Waals surface area contributed by atoms with E-state index in [0.29, 0.717) is 5.69 Å².